The van der Waals surface area contributed by atoms with Crippen LogP contribution in [0, 0.1) is 0 Å². The zero-order chi connectivity index (χ0) is 17.6. The Morgan fingerprint density at radius 2 is 1.77 bits per heavy atom. The SMILES string of the molecule is C=CCN1CCOC(CC23CCC(c4ccccc42)c2ccccc23)C1. The Hall–Kier alpha value is -1.90. The van der Waals surface area contributed by atoms with Crippen LogP contribution in [0.15, 0.2) is 61.2 Å². The van der Waals surface area contributed by atoms with Crippen LogP contribution in [-0.2, 0) is 10.2 Å². The van der Waals surface area contributed by atoms with Crippen molar-refractivity contribution in [1.29, 1.82) is 0 Å². The van der Waals surface area contributed by atoms with E-state index in [0.717, 1.165) is 32.7 Å². The fourth-order valence-electron chi connectivity index (χ4n) is 5.72. The van der Waals surface area contributed by atoms with Crippen LogP contribution >= 0.6 is 0 Å². The van der Waals surface area contributed by atoms with E-state index in [4.69, 9.17) is 4.74 Å². The number of fused-ring (bicyclic) bond motifs is 1. The molecule has 1 fully saturated rings. The van der Waals surface area contributed by atoms with Crippen LogP contribution in [-0.4, -0.2) is 37.2 Å². The van der Waals surface area contributed by atoms with Crippen molar-refractivity contribution in [1.82, 2.24) is 4.90 Å². The second kappa shape index (κ2) is 6.37. The van der Waals surface area contributed by atoms with Gasteiger partial charge in [-0.3, -0.25) is 4.90 Å². The van der Waals surface area contributed by atoms with Crippen molar-refractivity contribution >= 4 is 0 Å². The topological polar surface area (TPSA) is 12.5 Å². The largest absolute Gasteiger partial charge is 0.376 e. The maximum absolute atomic E-state index is 6.26. The van der Waals surface area contributed by atoms with Crippen molar-refractivity contribution in [3.05, 3.63) is 83.4 Å². The van der Waals surface area contributed by atoms with Crippen LogP contribution in [0.4, 0.5) is 0 Å². The summed E-state index contributed by atoms with van der Waals surface area (Å²) in [5.41, 5.74) is 6.33. The minimum Gasteiger partial charge on any atom is -0.376 e. The molecule has 6 rings (SSSR count). The van der Waals surface area contributed by atoms with Crippen LogP contribution in [0.3, 0.4) is 0 Å². The Labute approximate surface area is 156 Å². The van der Waals surface area contributed by atoms with E-state index in [1.54, 1.807) is 22.3 Å². The smallest absolute Gasteiger partial charge is 0.0714 e. The highest BCUT2D eigenvalue weighted by Gasteiger charge is 2.49. The summed E-state index contributed by atoms with van der Waals surface area (Å²) in [6.45, 7) is 7.74. The summed E-state index contributed by atoms with van der Waals surface area (Å²) in [5, 5.41) is 0. The van der Waals surface area contributed by atoms with Gasteiger partial charge in [0.15, 0.2) is 0 Å². The number of ether oxygens (including phenoxy) is 1. The molecule has 134 valence electrons. The summed E-state index contributed by atoms with van der Waals surface area (Å²) in [7, 11) is 0. The van der Waals surface area contributed by atoms with Gasteiger partial charge in [-0.15, -0.1) is 6.58 Å². The predicted octanol–water partition coefficient (Wildman–Crippen LogP) is 4.49. The number of rotatable bonds is 4. The molecule has 0 saturated carbocycles. The minimum atomic E-state index is 0.115. The fraction of sp³-hybridized carbons (Fsp3) is 0.417. The molecule has 2 nitrogen and oxygen atoms in total. The molecule has 0 radical (unpaired) electrons. The van der Waals surface area contributed by atoms with Gasteiger partial charge >= 0.3 is 0 Å². The molecule has 1 saturated heterocycles. The molecule has 26 heavy (non-hydrogen) atoms. The number of morpholine rings is 1. The van der Waals surface area contributed by atoms with Gasteiger partial charge in [-0.05, 0) is 41.5 Å². The average Bonchev–Trinajstić information content (AvgIpc) is 2.69. The van der Waals surface area contributed by atoms with Gasteiger partial charge in [0, 0.05) is 31.0 Å². The fourth-order valence-corrected chi connectivity index (χ4v) is 5.72. The highest BCUT2D eigenvalue weighted by atomic mass is 16.5. The van der Waals surface area contributed by atoms with Gasteiger partial charge in [0.05, 0.1) is 12.7 Å². The molecule has 0 spiro atoms. The predicted molar refractivity (Wildman–Crippen MR) is 106 cm³/mol. The summed E-state index contributed by atoms with van der Waals surface area (Å²) < 4.78 is 6.26. The lowest BCUT2D eigenvalue weighted by Crippen LogP contribution is -2.48. The maximum atomic E-state index is 6.26. The standard InChI is InChI=1S/C24H27NO/c1-2-13-25-14-15-26-18(17-25)16-24-12-11-19(20-7-3-5-9-22(20)24)21-8-4-6-10-23(21)24/h2-10,18-19H,1,11-17H2. The number of hydrogen-bond donors (Lipinski definition) is 0. The van der Waals surface area contributed by atoms with E-state index in [-0.39, 0.29) is 5.41 Å². The molecule has 0 N–H and O–H groups in total. The highest BCUT2D eigenvalue weighted by molar-refractivity contribution is 5.59. The third-order valence-corrected chi connectivity index (χ3v) is 6.75. The lowest BCUT2D eigenvalue weighted by atomic mass is 9.53. The molecule has 1 heterocycles. The molecular formula is C24H27NO. The average molecular weight is 345 g/mol. The molecule has 0 amide bonds. The molecule has 2 bridgehead atoms. The summed E-state index contributed by atoms with van der Waals surface area (Å²) in [6.07, 6.45) is 5.89. The third kappa shape index (κ3) is 2.39. The number of benzene rings is 2. The van der Waals surface area contributed by atoms with Gasteiger partial charge in [-0.2, -0.15) is 0 Å². The third-order valence-electron chi connectivity index (χ3n) is 6.75. The lowest BCUT2D eigenvalue weighted by molar-refractivity contribution is -0.0382. The summed E-state index contributed by atoms with van der Waals surface area (Å²) >= 11 is 0. The van der Waals surface area contributed by atoms with Gasteiger partial charge < -0.3 is 4.74 Å². The molecule has 1 unspecified atom stereocenters. The van der Waals surface area contributed by atoms with E-state index in [2.05, 4.69) is 60.0 Å². The van der Waals surface area contributed by atoms with Gasteiger partial charge in [0.25, 0.3) is 0 Å². The van der Waals surface area contributed by atoms with Crippen LogP contribution in [0.2, 0.25) is 0 Å². The second-order valence-corrected chi connectivity index (χ2v) is 8.09. The maximum Gasteiger partial charge on any atom is 0.0714 e. The van der Waals surface area contributed by atoms with E-state index in [0.29, 0.717) is 12.0 Å². The summed E-state index contributed by atoms with van der Waals surface area (Å²) in [6, 6.07) is 18.3. The minimum absolute atomic E-state index is 0.115. The molecule has 2 heteroatoms. The van der Waals surface area contributed by atoms with Crippen LogP contribution in [0.5, 0.6) is 0 Å². The highest BCUT2D eigenvalue weighted by Crippen LogP contribution is 2.58. The van der Waals surface area contributed by atoms with E-state index < -0.39 is 0 Å². The number of hydrogen-bond acceptors (Lipinski definition) is 2. The van der Waals surface area contributed by atoms with Crippen LogP contribution in [0.25, 0.3) is 0 Å². The molecule has 2 aromatic carbocycles. The van der Waals surface area contributed by atoms with E-state index in [1.807, 2.05) is 6.08 Å². The first-order valence-corrected chi connectivity index (χ1v) is 9.95. The Balaban J connectivity index is 1.56. The van der Waals surface area contributed by atoms with Gasteiger partial charge in [-0.1, -0.05) is 54.6 Å². The second-order valence-electron chi connectivity index (χ2n) is 8.09. The molecule has 2 aromatic rings. The first-order valence-electron chi connectivity index (χ1n) is 9.95. The first kappa shape index (κ1) is 16.3. The van der Waals surface area contributed by atoms with Crippen molar-refractivity contribution in [3.63, 3.8) is 0 Å². The first-order chi connectivity index (χ1) is 12.8. The van der Waals surface area contributed by atoms with Gasteiger partial charge in [-0.25, -0.2) is 0 Å². The van der Waals surface area contributed by atoms with Crippen molar-refractivity contribution in [2.24, 2.45) is 0 Å². The molecule has 3 aliphatic carbocycles. The van der Waals surface area contributed by atoms with Gasteiger partial charge in [0.1, 0.15) is 0 Å². The lowest BCUT2D eigenvalue weighted by Gasteiger charge is -2.51. The molecule has 1 aliphatic heterocycles. The van der Waals surface area contributed by atoms with Crippen molar-refractivity contribution in [2.75, 3.05) is 26.2 Å². The quantitative estimate of drug-likeness (QED) is 0.757. The normalized spacial score (nSPS) is 29.8. The zero-order valence-electron chi connectivity index (χ0n) is 15.4. The molecule has 4 aliphatic rings. The number of nitrogens with zero attached hydrogens (tertiary/aromatic N) is 1. The van der Waals surface area contributed by atoms with Crippen molar-refractivity contribution in [2.45, 2.75) is 36.7 Å². The Morgan fingerprint density at radius 3 is 2.46 bits per heavy atom. The summed E-state index contributed by atoms with van der Waals surface area (Å²) in [4.78, 5) is 2.48. The Morgan fingerprint density at radius 1 is 1.08 bits per heavy atom. The zero-order valence-corrected chi connectivity index (χ0v) is 15.4. The van der Waals surface area contributed by atoms with E-state index >= 15 is 0 Å². The van der Waals surface area contributed by atoms with Crippen molar-refractivity contribution < 1.29 is 4.74 Å². The molecule has 1 atom stereocenters. The molecular weight excluding hydrogens is 318 g/mol. The van der Waals surface area contributed by atoms with Crippen molar-refractivity contribution in [3.8, 4) is 0 Å². The van der Waals surface area contributed by atoms with Gasteiger partial charge in [0.2, 0.25) is 0 Å². The molecule has 0 aromatic heterocycles. The van der Waals surface area contributed by atoms with E-state index in [1.165, 1.54) is 12.8 Å². The summed E-state index contributed by atoms with van der Waals surface area (Å²) in [5.74, 6) is 0.578. The monoisotopic (exact) mass is 345 g/mol. The van der Waals surface area contributed by atoms with Crippen LogP contribution < -0.4 is 0 Å². The van der Waals surface area contributed by atoms with Crippen LogP contribution in [0.1, 0.15) is 47.4 Å². The van der Waals surface area contributed by atoms with E-state index in [9.17, 15) is 0 Å². The Kier molecular flexibility index (Phi) is 3.99. The Bertz CT molecular complexity index is 779.